The highest BCUT2D eigenvalue weighted by atomic mass is 28.4. The van der Waals surface area contributed by atoms with Crippen LogP contribution in [0.4, 0.5) is 13.2 Å². The van der Waals surface area contributed by atoms with Gasteiger partial charge in [0.15, 0.2) is 8.32 Å². The molecule has 102 valence electrons. The Hall–Kier alpha value is -0.813. The molecule has 0 atom stereocenters. The summed E-state index contributed by atoms with van der Waals surface area (Å²) in [5.74, 6) is 0. The van der Waals surface area contributed by atoms with E-state index < -0.39 is 20.1 Å². The zero-order chi connectivity index (χ0) is 13.8. The van der Waals surface area contributed by atoms with Crippen LogP contribution in [-0.2, 0) is 17.0 Å². The van der Waals surface area contributed by atoms with Crippen molar-refractivity contribution in [3.8, 4) is 0 Å². The molecule has 0 aliphatic rings. The summed E-state index contributed by atoms with van der Waals surface area (Å²) in [4.78, 5) is 0. The number of rotatable bonds is 5. The highest BCUT2D eigenvalue weighted by Crippen LogP contribution is 2.30. The summed E-state index contributed by atoms with van der Waals surface area (Å²) >= 11 is 0. The van der Waals surface area contributed by atoms with Crippen LogP contribution < -0.4 is 0 Å². The van der Waals surface area contributed by atoms with E-state index in [1.807, 2.05) is 0 Å². The lowest BCUT2D eigenvalue weighted by Crippen LogP contribution is -2.28. The molecular formula is C13H19F3OSi. The SMILES string of the molecule is CO[Si](C)(C)CCCc1cccc(C(F)(F)F)c1. The molecule has 0 heterocycles. The Balaban J connectivity index is 2.59. The van der Waals surface area contributed by atoms with Gasteiger partial charge in [-0.2, -0.15) is 13.2 Å². The Bertz CT molecular complexity index is 388. The Labute approximate surface area is 107 Å². The highest BCUT2D eigenvalue weighted by molar-refractivity contribution is 6.71. The zero-order valence-corrected chi connectivity index (χ0v) is 12.0. The first-order valence-electron chi connectivity index (χ1n) is 5.96. The molecule has 0 N–H and O–H groups in total. The standard InChI is InChI=1S/C13H19F3OSi/c1-17-18(2,3)9-5-7-11-6-4-8-12(10-11)13(14,15)16/h4,6,8,10H,5,7,9H2,1-3H3. The van der Waals surface area contributed by atoms with Gasteiger partial charge in [0.2, 0.25) is 0 Å². The van der Waals surface area contributed by atoms with Crippen LogP contribution in [0.1, 0.15) is 17.5 Å². The minimum atomic E-state index is -4.25. The summed E-state index contributed by atoms with van der Waals surface area (Å²) in [6.45, 7) is 4.22. The van der Waals surface area contributed by atoms with Gasteiger partial charge in [0.25, 0.3) is 0 Å². The second-order valence-electron chi connectivity index (χ2n) is 5.02. The minimum Gasteiger partial charge on any atom is -0.420 e. The molecule has 0 fully saturated rings. The van der Waals surface area contributed by atoms with Crippen LogP contribution in [0.2, 0.25) is 19.1 Å². The van der Waals surface area contributed by atoms with Crippen LogP contribution >= 0.6 is 0 Å². The van der Waals surface area contributed by atoms with Gasteiger partial charge in [-0.3, -0.25) is 0 Å². The first-order chi connectivity index (χ1) is 8.24. The van der Waals surface area contributed by atoms with E-state index in [4.69, 9.17) is 4.43 Å². The Morgan fingerprint density at radius 2 is 1.89 bits per heavy atom. The molecule has 0 saturated carbocycles. The number of benzene rings is 1. The number of halogens is 3. The van der Waals surface area contributed by atoms with Crippen molar-refractivity contribution in [3.05, 3.63) is 35.4 Å². The lowest BCUT2D eigenvalue weighted by molar-refractivity contribution is -0.137. The van der Waals surface area contributed by atoms with Gasteiger partial charge in [0, 0.05) is 7.11 Å². The number of hydrogen-bond acceptors (Lipinski definition) is 1. The largest absolute Gasteiger partial charge is 0.420 e. The third kappa shape index (κ3) is 4.82. The Kier molecular flexibility index (Phi) is 4.98. The predicted molar refractivity (Wildman–Crippen MR) is 69.1 cm³/mol. The van der Waals surface area contributed by atoms with Gasteiger partial charge in [-0.05, 0) is 43.6 Å². The van der Waals surface area contributed by atoms with E-state index in [1.54, 1.807) is 13.2 Å². The summed E-state index contributed by atoms with van der Waals surface area (Å²) in [6, 6.07) is 6.52. The molecule has 0 spiro atoms. The van der Waals surface area contributed by atoms with Gasteiger partial charge in [-0.15, -0.1) is 0 Å². The molecule has 0 aliphatic heterocycles. The fourth-order valence-corrected chi connectivity index (χ4v) is 2.96. The van der Waals surface area contributed by atoms with Crippen molar-refractivity contribution in [2.45, 2.75) is 38.2 Å². The van der Waals surface area contributed by atoms with E-state index in [-0.39, 0.29) is 0 Å². The summed E-state index contributed by atoms with van der Waals surface area (Å²) in [5.41, 5.74) is 0.175. The van der Waals surface area contributed by atoms with Crippen molar-refractivity contribution in [1.29, 1.82) is 0 Å². The molecule has 5 heteroatoms. The topological polar surface area (TPSA) is 9.23 Å². The first kappa shape index (κ1) is 15.2. The summed E-state index contributed by atoms with van der Waals surface area (Å²) in [6.07, 6.45) is -2.71. The average Bonchev–Trinajstić information content (AvgIpc) is 2.28. The van der Waals surface area contributed by atoms with E-state index in [1.165, 1.54) is 12.1 Å². The number of aryl methyl sites for hydroxylation is 1. The maximum absolute atomic E-state index is 12.5. The highest BCUT2D eigenvalue weighted by Gasteiger charge is 2.30. The van der Waals surface area contributed by atoms with E-state index in [0.717, 1.165) is 24.1 Å². The molecule has 0 aromatic heterocycles. The summed E-state index contributed by atoms with van der Waals surface area (Å²) < 4.78 is 43.0. The van der Waals surface area contributed by atoms with E-state index in [0.29, 0.717) is 6.42 Å². The first-order valence-corrected chi connectivity index (χ1v) is 9.07. The average molecular weight is 276 g/mol. The lowest BCUT2D eigenvalue weighted by atomic mass is 10.1. The van der Waals surface area contributed by atoms with Crippen LogP contribution in [0.25, 0.3) is 0 Å². The maximum atomic E-state index is 12.5. The van der Waals surface area contributed by atoms with Gasteiger partial charge in [-0.1, -0.05) is 18.2 Å². The second-order valence-corrected chi connectivity index (χ2v) is 9.44. The Morgan fingerprint density at radius 1 is 1.22 bits per heavy atom. The minimum absolute atomic E-state index is 0.566. The van der Waals surface area contributed by atoms with Crippen molar-refractivity contribution >= 4 is 8.32 Å². The fraction of sp³-hybridized carbons (Fsp3) is 0.538. The maximum Gasteiger partial charge on any atom is 0.416 e. The molecule has 0 unspecified atom stereocenters. The molecule has 0 bridgehead atoms. The molecule has 0 radical (unpaired) electrons. The monoisotopic (exact) mass is 276 g/mol. The second kappa shape index (κ2) is 5.89. The quantitative estimate of drug-likeness (QED) is 0.720. The van der Waals surface area contributed by atoms with Crippen LogP contribution in [-0.4, -0.2) is 15.4 Å². The van der Waals surface area contributed by atoms with Gasteiger partial charge < -0.3 is 4.43 Å². The third-order valence-corrected chi connectivity index (χ3v) is 5.71. The van der Waals surface area contributed by atoms with Crippen molar-refractivity contribution in [3.63, 3.8) is 0 Å². The zero-order valence-electron chi connectivity index (χ0n) is 11.0. The van der Waals surface area contributed by atoms with Gasteiger partial charge in [0.05, 0.1) is 5.56 Å². The van der Waals surface area contributed by atoms with Gasteiger partial charge in [0.1, 0.15) is 0 Å². The van der Waals surface area contributed by atoms with Gasteiger partial charge in [-0.25, -0.2) is 0 Å². The number of hydrogen-bond donors (Lipinski definition) is 0. The van der Waals surface area contributed by atoms with Crippen LogP contribution in [0.5, 0.6) is 0 Å². The fourth-order valence-electron chi connectivity index (χ4n) is 1.72. The predicted octanol–water partition coefficient (Wildman–Crippen LogP) is 4.49. The molecular weight excluding hydrogens is 257 g/mol. The van der Waals surface area contributed by atoms with E-state index >= 15 is 0 Å². The molecule has 0 aliphatic carbocycles. The molecule has 0 amide bonds. The molecule has 18 heavy (non-hydrogen) atoms. The Morgan fingerprint density at radius 3 is 2.44 bits per heavy atom. The van der Waals surface area contributed by atoms with E-state index in [2.05, 4.69) is 13.1 Å². The van der Waals surface area contributed by atoms with Gasteiger partial charge >= 0.3 is 6.18 Å². The molecule has 0 saturated heterocycles. The summed E-state index contributed by atoms with van der Waals surface area (Å²) in [7, 11) is 0.101. The smallest absolute Gasteiger partial charge is 0.416 e. The normalized spacial score (nSPS) is 12.8. The molecule has 1 aromatic carbocycles. The van der Waals surface area contributed by atoms with E-state index in [9.17, 15) is 13.2 Å². The van der Waals surface area contributed by atoms with Crippen molar-refractivity contribution < 1.29 is 17.6 Å². The van der Waals surface area contributed by atoms with Crippen molar-refractivity contribution in [2.75, 3.05) is 7.11 Å². The molecule has 1 nitrogen and oxygen atoms in total. The third-order valence-electron chi connectivity index (χ3n) is 3.05. The van der Waals surface area contributed by atoms with Crippen LogP contribution in [0.15, 0.2) is 24.3 Å². The number of alkyl halides is 3. The summed E-state index contributed by atoms with van der Waals surface area (Å²) in [5, 5.41) is 0. The molecule has 1 aromatic rings. The van der Waals surface area contributed by atoms with Crippen LogP contribution in [0, 0.1) is 0 Å². The van der Waals surface area contributed by atoms with Crippen molar-refractivity contribution in [1.82, 2.24) is 0 Å². The van der Waals surface area contributed by atoms with Crippen molar-refractivity contribution in [2.24, 2.45) is 0 Å². The van der Waals surface area contributed by atoms with Crippen LogP contribution in [0.3, 0.4) is 0 Å². The lowest BCUT2D eigenvalue weighted by Gasteiger charge is -2.19. The molecule has 1 rings (SSSR count).